The quantitative estimate of drug-likeness (QED) is 0.233. The van der Waals surface area contributed by atoms with Crippen LogP contribution in [0.4, 0.5) is 0 Å². The fraction of sp³-hybridized carbons (Fsp3) is 0.500. The van der Waals surface area contributed by atoms with Crippen LogP contribution in [0, 0.1) is 5.92 Å². The third kappa shape index (κ3) is 6.45. The second-order valence-corrected chi connectivity index (χ2v) is 9.25. The van der Waals surface area contributed by atoms with Crippen molar-refractivity contribution in [1.82, 2.24) is 20.5 Å². The average Bonchev–Trinajstić information content (AvgIpc) is 3.44. The summed E-state index contributed by atoms with van der Waals surface area (Å²) in [6.45, 7) is 8.46. The minimum atomic E-state index is 0. The number of rotatable bonds is 7. The maximum atomic E-state index is 5.98. The molecule has 1 aliphatic heterocycles. The number of fused-ring (bicyclic) bond motifs is 1. The number of nitrogens with one attached hydrogen (secondary N) is 2. The number of halogens is 1. The monoisotopic (exact) mass is 567 g/mol. The lowest BCUT2D eigenvalue weighted by Gasteiger charge is -2.32. The molecular weight excluding hydrogens is 533 g/mol. The Bertz CT molecular complexity index is 976. The molecule has 4 rings (SSSR count). The van der Waals surface area contributed by atoms with Gasteiger partial charge in [0.15, 0.2) is 5.96 Å². The highest BCUT2D eigenvalue weighted by Gasteiger charge is 2.21. The van der Waals surface area contributed by atoms with Crippen molar-refractivity contribution in [1.29, 1.82) is 0 Å². The summed E-state index contributed by atoms with van der Waals surface area (Å²) in [5.74, 6) is 2.41. The Balaban J connectivity index is 0.00000289. The number of aromatic nitrogens is 1. The summed E-state index contributed by atoms with van der Waals surface area (Å²) in [6, 6.07) is 10.3. The van der Waals surface area contributed by atoms with Gasteiger partial charge >= 0.3 is 0 Å². The van der Waals surface area contributed by atoms with E-state index in [0.29, 0.717) is 5.92 Å². The minimum Gasteiger partial charge on any atom is -0.459 e. The molecule has 0 radical (unpaired) electrons. The van der Waals surface area contributed by atoms with Gasteiger partial charge in [-0.1, -0.05) is 25.1 Å². The van der Waals surface area contributed by atoms with E-state index in [4.69, 9.17) is 9.40 Å². The third-order valence-electron chi connectivity index (χ3n) is 6.00. The fourth-order valence-electron chi connectivity index (χ4n) is 4.09. The molecule has 8 heteroatoms. The molecule has 0 bridgehead atoms. The van der Waals surface area contributed by atoms with Crippen molar-refractivity contribution in [2.75, 3.05) is 26.7 Å². The van der Waals surface area contributed by atoms with Gasteiger partial charge in [0.2, 0.25) is 0 Å². The molecule has 2 aromatic heterocycles. The van der Waals surface area contributed by atoms with Crippen LogP contribution in [0.15, 0.2) is 45.1 Å². The van der Waals surface area contributed by atoms with E-state index in [-0.39, 0.29) is 30.0 Å². The van der Waals surface area contributed by atoms with E-state index >= 15 is 0 Å². The third-order valence-corrected chi connectivity index (χ3v) is 7.04. The van der Waals surface area contributed by atoms with E-state index in [1.807, 2.05) is 25.2 Å². The van der Waals surface area contributed by atoms with Crippen LogP contribution >= 0.6 is 35.3 Å². The molecule has 32 heavy (non-hydrogen) atoms. The van der Waals surface area contributed by atoms with Gasteiger partial charge in [-0.05, 0) is 57.3 Å². The summed E-state index contributed by atoms with van der Waals surface area (Å²) in [5.41, 5.74) is 2.15. The van der Waals surface area contributed by atoms with E-state index in [1.54, 1.807) is 11.3 Å². The van der Waals surface area contributed by atoms with Gasteiger partial charge in [0, 0.05) is 30.9 Å². The number of aliphatic imine (C=N–C) groups is 1. The summed E-state index contributed by atoms with van der Waals surface area (Å²) in [5, 5.41) is 11.6. The van der Waals surface area contributed by atoms with Gasteiger partial charge in [-0.3, -0.25) is 9.89 Å². The molecule has 0 amide bonds. The molecule has 0 saturated carbocycles. The maximum Gasteiger partial charge on any atom is 0.191 e. The Kier molecular flexibility index (Phi) is 9.36. The highest BCUT2D eigenvalue weighted by atomic mass is 127. The first kappa shape index (κ1) is 25.0. The first-order chi connectivity index (χ1) is 15.1. The standard InChI is InChI=1S/C24H33N5OS.HI/c1-4-23-28-20(16-31-23)15-29-11-9-18(10-12-29)14-26-24(25-3)27-17(2)22-13-19-7-5-6-8-21(19)30-22;/h5-8,13,16-18H,4,9-12,14-15H2,1-3H3,(H2,25,26,27);1H. The average molecular weight is 568 g/mol. The topological polar surface area (TPSA) is 65.7 Å². The van der Waals surface area contributed by atoms with Crippen LogP contribution in [-0.4, -0.2) is 42.5 Å². The Labute approximate surface area is 211 Å². The van der Waals surface area contributed by atoms with Crippen LogP contribution < -0.4 is 10.6 Å². The van der Waals surface area contributed by atoms with Crippen LogP contribution in [0.2, 0.25) is 0 Å². The number of benzene rings is 1. The van der Waals surface area contributed by atoms with Crippen molar-refractivity contribution < 1.29 is 4.42 Å². The number of piperidine rings is 1. The molecule has 3 aromatic rings. The number of hydrogen-bond acceptors (Lipinski definition) is 5. The number of guanidine groups is 1. The zero-order valence-corrected chi connectivity index (χ0v) is 22.3. The van der Waals surface area contributed by atoms with Crippen molar-refractivity contribution in [3.8, 4) is 0 Å². The fourth-order valence-corrected chi connectivity index (χ4v) is 4.83. The number of likely N-dealkylation sites (tertiary alicyclic amines) is 1. The lowest BCUT2D eigenvalue weighted by molar-refractivity contribution is 0.176. The predicted octanol–water partition coefficient (Wildman–Crippen LogP) is 5.21. The summed E-state index contributed by atoms with van der Waals surface area (Å²) in [4.78, 5) is 11.6. The predicted molar refractivity (Wildman–Crippen MR) is 144 cm³/mol. The van der Waals surface area contributed by atoms with Crippen LogP contribution in [0.25, 0.3) is 11.0 Å². The minimum absolute atomic E-state index is 0. The van der Waals surface area contributed by atoms with Crippen molar-refractivity contribution in [3.05, 3.63) is 52.2 Å². The molecule has 1 fully saturated rings. The molecule has 174 valence electrons. The van der Waals surface area contributed by atoms with E-state index in [2.05, 4.69) is 51.9 Å². The highest BCUT2D eigenvalue weighted by Crippen LogP contribution is 2.24. The maximum absolute atomic E-state index is 5.98. The van der Waals surface area contributed by atoms with Crippen molar-refractivity contribution >= 4 is 52.2 Å². The van der Waals surface area contributed by atoms with E-state index in [9.17, 15) is 0 Å². The highest BCUT2D eigenvalue weighted by molar-refractivity contribution is 14.0. The molecule has 0 spiro atoms. The van der Waals surface area contributed by atoms with Crippen LogP contribution in [0.1, 0.15) is 49.2 Å². The molecule has 3 heterocycles. The largest absolute Gasteiger partial charge is 0.459 e. The molecule has 0 aliphatic carbocycles. The molecular formula is C24H34IN5OS. The number of hydrogen-bond donors (Lipinski definition) is 2. The van der Waals surface area contributed by atoms with Crippen LogP contribution in [0.5, 0.6) is 0 Å². The first-order valence-electron chi connectivity index (χ1n) is 11.3. The summed E-state index contributed by atoms with van der Waals surface area (Å²) in [6.07, 6.45) is 3.44. The Morgan fingerprint density at radius 1 is 1.31 bits per heavy atom. The number of furan rings is 1. The van der Waals surface area contributed by atoms with Gasteiger partial charge in [-0.2, -0.15) is 0 Å². The summed E-state index contributed by atoms with van der Waals surface area (Å²) < 4.78 is 5.98. The van der Waals surface area contributed by atoms with Crippen molar-refractivity contribution in [3.63, 3.8) is 0 Å². The molecule has 1 saturated heterocycles. The SMILES string of the molecule is CCc1nc(CN2CCC(CNC(=NC)NC(C)c3cc4ccccc4o3)CC2)cs1.I. The number of aryl methyl sites for hydroxylation is 1. The lowest BCUT2D eigenvalue weighted by atomic mass is 9.97. The van der Waals surface area contributed by atoms with Crippen molar-refractivity contribution in [2.24, 2.45) is 10.9 Å². The number of para-hydroxylation sites is 1. The van der Waals surface area contributed by atoms with Gasteiger partial charge in [0.05, 0.1) is 16.7 Å². The smallest absolute Gasteiger partial charge is 0.191 e. The van der Waals surface area contributed by atoms with E-state index < -0.39 is 0 Å². The van der Waals surface area contributed by atoms with Gasteiger partial charge in [-0.15, -0.1) is 35.3 Å². The molecule has 1 aromatic carbocycles. The van der Waals surface area contributed by atoms with Gasteiger partial charge < -0.3 is 15.1 Å². The summed E-state index contributed by atoms with van der Waals surface area (Å²) >= 11 is 1.78. The number of thiazole rings is 1. The second-order valence-electron chi connectivity index (χ2n) is 8.31. The molecule has 1 aliphatic rings. The molecule has 2 N–H and O–H groups in total. The van der Waals surface area contributed by atoms with Crippen LogP contribution in [-0.2, 0) is 13.0 Å². The van der Waals surface area contributed by atoms with Gasteiger partial charge in [0.25, 0.3) is 0 Å². The molecule has 6 nitrogen and oxygen atoms in total. The molecule has 1 atom stereocenters. The number of nitrogens with zero attached hydrogens (tertiary/aromatic N) is 3. The Morgan fingerprint density at radius 3 is 2.78 bits per heavy atom. The van der Waals surface area contributed by atoms with Crippen LogP contribution in [0.3, 0.4) is 0 Å². The van der Waals surface area contributed by atoms with E-state index in [1.165, 1.54) is 23.5 Å². The Hall–Kier alpha value is -1.65. The Morgan fingerprint density at radius 2 is 2.09 bits per heavy atom. The van der Waals surface area contributed by atoms with Gasteiger partial charge in [-0.25, -0.2) is 4.98 Å². The lowest BCUT2D eigenvalue weighted by Crippen LogP contribution is -2.43. The summed E-state index contributed by atoms with van der Waals surface area (Å²) in [7, 11) is 1.82. The zero-order valence-electron chi connectivity index (χ0n) is 19.1. The van der Waals surface area contributed by atoms with Gasteiger partial charge in [0.1, 0.15) is 11.3 Å². The zero-order chi connectivity index (χ0) is 21.6. The first-order valence-corrected chi connectivity index (χ1v) is 12.1. The molecule has 1 unspecified atom stereocenters. The second kappa shape index (κ2) is 12.0. The van der Waals surface area contributed by atoms with E-state index in [0.717, 1.165) is 55.3 Å². The van der Waals surface area contributed by atoms with Crippen molar-refractivity contribution in [2.45, 2.75) is 45.7 Å². The normalized spacial score (nSPS) is 16.7.